The number of fused-ring (bicyclic) bond motifs is 1. The van der Waals surface area contributed by atoms with Crippen molar-refractivity contribution in [2.45, 2.75) is 25.7 Å². The van der Waals surface area contributed by atoms with Gasteiger partial charge < -0.3 is 10.1 Å². The molecule has 1 N–H and O–H groups in total. The molecule has 0 fully saturated rings. The monoisotopic (exact) mass is 317 g/mol. The smallest absolute Gasteiger partial charge is 0.334 e. The predicted octanol–water partition coefficient (Wildman–Crippen LogP) is 3.72. The summed E-state index contributed by atoms with van der Waals surface area (Å²) in [6.45, 7) is 0. The molecule has 0 saturated carbocycles. The summed E-state index contributed by atoms with van der Waals surface area (Å²) in [5.41, 5.74) is 3.71. The Morgan fingerprint density at radius 1 is 1.32 bits per heavy atom. The number of nitrogens with one attached hydrogen (secondary N) is 1. The van der Waals surface area contributed by atoms with Gasteiger partial charge in [0.25, 0.3) is 0 Å². The number of rotatable bonds is 1. The Bertz CT molecular complexity index is 719. The van der Waals surface area contributed by atoms with Gasteiger partial charge in [0.15, 0.2) is 5.78 Å². The van der Waals surface area contributed by atoms with E-state index >= 15 is 0 Å². The summed E-state index contributed by atoms with van der Waals surface area (Å²) in [5, 5.41) is 3.93. The Morgan fingerprint density at radius 2 is 2.14 bits per heavy atom. The van der Waals surface area contributed by atoms with Gasteiger partial charge in [-0.2, -0.15) is 0 Å². The van der Waals surface area contributed by atoms with E-state index in [1.54, 1.807) is 18.2 Å². The Balaban J connectivity index is 2.15. The summed E-state index contributed by atoms with van der Waals surface area (Å²) in [4.78, 5) is 24.2. The Labute approximate surface area is 133 Å². The van der Waals surface area contributed by atoms with Gasteiger partial charge in [0, 0.05) is 40.4 Å². The quantitative estimate of drug-likeness (QED) is 0.802. The highest BCUT2D eigenvalue weighted by Gasteiger charge is 2.26. The van der Waals surface area contributed by atoms with E-state index in [4.69, 9.17) is 16.3 Å². The molecular weight excluding hydrogens is 302 g/mol. The second kappa shape index (κ2) is 5.97. The highest BCUT2D eigenvalue weighted by molar-refractivity contribution is 6.30. The molecule has 0 spiro atoms. The van der Waals surface area contributed by atoms with Crippen LogP contribution >= 0.6 is 11.6 Å². The van der Waals surface area contributed by atoms with Crippen LogP contribution < -0.4 is 5.32 Å². The summed E-state index contributed by atoms with van der Waals surface area (Å²) in [6.07, 6.45) is 4.19. The van der Waals surface area contributed by atoms with Gasteiger partial charge in [-0.25, -0.2) is 4.79 Å². The number of carbonyl (C=O) groups is 2. The standard InChI is InChI=1S/C17H16ClNO3/c1-22-17(21)11-7-10-8-12(18)5-6-14(10)19-15-3-2-4-16(20)13(15)9-11/h5-8,19H,2-4,9H2,1H3/b11-7+. The number of halogens is 1. The predicted molar refractivity (Wildman–Crippen MR) is 85.6 cm³/mol. The van der Waals surface area contributed by atoms with Gasteiger partial charge in [0.05, 0.1) is 7.11 Å². The fraction of sp³-hybridized carbons (Fsp3) is 0.294. The van der Waals surface area contributed by atoms with Gasteiger partial charge in [-0.15, -0.1) is 0 Å². The number of anilines is 1. The molecule has 2 aliphatic rings. The molecule has 0 bridgehead atoms. The van der Waals surface area contributed by atoms with Crippen LogP contribution in [0.15, 0.2) is 35.0 Å². The molecule has 1 aromatic rings. The third kappa shape index (κ3) is 2.79. The molecular formula is C17H16ClNO3. The van der Waals surface area contributed by atoms with E-state index in [0.29, 0.717) is 29.0 Å². The number of ether oxygens (including phenoxy) is 1. The molecule has 114 valence electrons. The number of ketones is 1. The Morgan fingerprint density at radius 3 is 2.91 bits per heavy atom. The highest BCUT2D eigenvalue weighted by atomic mass is 35.5. The largest absolute Gasteiger partial charge is 0.466 e. The first-order valence-corrected chi connectivity index (χ1v) is 7.57. The molecule has 22 heavy (non-hydrogen) atoms. The fourth-order valence-electron chi connectivity index (χ4n) is 2.86. The van der Waals surface area contributed by atoms with Crippen LogP contribution in [0.25, 0.3) is 6.08 Å². The summed E-state index contributed by atoms with van der Waals surface area (Å²) in [5.74, 6) is -0.320. The van der Waals surface area contributed by atoms with Crippen molar-refractivity contribution in [1.29, 1.82) is 0 Å². The van der Waals surface area contributed by atoms with Gasteiger partial charge in [0.1, 0.15) is 0 Å². The zero-order valence-corrected chi connectivity index (χ0v) is 13.0. The van der Waals surface area contributed by atoms with Crippen LogP contribution in [0.5, 0.6) is 0 Å². The molecule has 1 heterocycles. The lowest BCUT2D eigenvalue weighted by Gasteiger charge is -2.24. The maximum absolute atomic E-state index is 12.2. The third-order valence-corrected chi connectivity index (χ3v) is 4.21. The summed E-state index contributed by atoms with van der Waals surface area (Å²) in [6, 6.07) is 5.44. The van der Waals surface area contributed by atoms with Crippen LogP contribution in [0.3, 0.4) is 0 Å². The van der Waals surface area contributed by atoms with E-state index in [9.17, 15) is 9.59 Å². The van der Waals surface area contributed by atoms with Crippen LogP contribution in [0.2, 0.25) is 5.02 Å². The second-order valence-corrected chi connectivity index (χ2v) is 5.86. The van der Waals surface area contributed by atoms with Gasteiger partial charge in [-0.05, 0) is 42.7 Å². The number of carbonyl (C=O) groups excluding carboxylic acids is 2. The number of Topliss-reactive ketones (excluding diaryl/α,β-unsaturated/α-hetero) is 1. The summed E-state index contributed by atoms with van der Waals surface area (Å²) in [7, 11) is 1.34. The molecule has 0 amide bonds. The van der Waals surface area contributed by atoms with Crippen molar-refractivity contribution in [2.75, 3.05) is 12.4 Å². The first kappa shape index (κ1) is 14.9. The SMILES string of the molecule is COC(=O)/C1=C/c2cc(Cl)ccc2NC2=C(C1)C(=O)CCC2. The van der Waals surface area contributed by atoms with Crippen molar-refractivity contribution >= 4 is 35.1 Å². The molecule has 1 aromatic carbocycles. The average molecular weight is 318 g/mol. The molecule has 0 radical (unpaired) electrons. The van der Waals surface area contributed by atoms with Crippen LogP contribution in [0.4, 0.5) is 5.69 Å². The number of allylic oxidation sites excluding steroid dienone is 2. The van der Waals surface area contributed by atoms with E-state index in [0.717, 1.165) is 29.8 Å². The number of esters is 1. The first-order valence-electron chi connectivity index (χ1n) is 7.19. The van der Waals surface area contributed by atoms with E-state index in [-0.39, 0.29) is 5.78 Å². The van der Waals surface area contributed by atoms with Crippen LogP contribution in [0, 0.1) is 0 Å². The van der Waals surface area contributed by atoms with Crippen molar-refractivity contribution in [3.8, 4) is 0 Å². The lowest BCUT2D eigenvalue weighted by Crippen LogP contribution is -2.20. The zero-order valence-electron chi connectivity index (χ0n) is 12.2. The Hall–Kier alpha value is -2.07. The minimum absolute atomic E-state index is 0.0981. The van der Waals surface area contributed by atoms with Gasteiger partial charge in [-0.3, -0.25) is 4.79 Å². The van der Waals surface area contributed by atoms with E-state index in [1.165, 1.54) is 7.11 Å². The molecule has 1 aliphatic carbocycles. The normalized spacial score (nSPS) is 19.9. The van der Waals surface area contributed by atoms with E-state index in [2.05, 4.69) is 5.32 Å². The van der Waals surface area contributed by atoms with Gasteiger partial charge >= 0.3 is 5.97 Å². The van der Waals surface area contributed by atoms with Gasteiger partial charge in [0.2, 0.25) is 0 Å². The lowest BCUT2D eigenvalue weighted by molar-refractivity contribution is -0.136. The molecule has 3 rings (SSSR count). The highest BCUT2D eigenvalue weighted by Crippen LogP contribution is 2.34. The van der Waals surface area contributed by atoms with Crippen molar-refractivity contribution in [3.63, 3.8) is 0 Å². The molecule has 5 heteroatoms. The van der Waals surface area contributed by atoms with Crippen molar-refractivity contribution < 1.29 is 14.3 Å². The maximum atomic E-state index is 12.2. The van der Waals surface area contributed by atoms with Crippen LogP contribution in [-0.2, 0) is 14.3 Å². The molecule has 4 nitrogen and oxygen atoms in total. The van der Waals surface area contributed by atoms with Crippen LogP contribution in [-0.4, -0.2) is 18.9 Å². The van der Waals surface area contributed by atoms with E-state index < -0.39 is 5.97 Å². The molecule has 0 aromatic heterocycles. The third-order valence-electron chi connectivity index (χ3n) is 3.98. The molecule has 0 saturated heterocycles. The fourth-order valence-corrected chi connectivity index (χ4v) is 3.04. The number of hydrogen-bond donors (Lipinski definition) is 1. The molecule has 0 atom stereocenters. The lowest BCUT2D eigenvalue weighted by atomic mass is 9.88. The number of methoxy groups -OCH3 is 1. The number of benzene rings is 1. The average Bonchev–Trinajstić information content (AvgIpc) is 2.49. The zero-order chi connectivity index (χ0) is 15.7. The van der Waals surface area contributed by atoms with Gasteiger partial charge in [-0.1, -0.05) is 11.6 Å². The summed E-state index contributed by atoms with van der Waals surface area (Å²) >= 11 is 6.05. The Kier molecular flexibility index (Phi) is 4.03. The van der Waals surface area contributed by atoms with Crippen LogP contribution in [0.1, 0.15) is 31.2 Å². The first-order chi connectivity index (χ1) is 10.6. The topological polar surface area (TPSA) is 55.4 Å². The molecule has 0 unspecified atom stereocenters. The summed E-state index contributed by atoms with van der Waals surface area (Å²) < 4.78 is 4.85. The van der Waals surface area contributed by atoms with Crippen molar-refractivity contribution in [1.82, 2.24) is 0 Å². The van der Waals surface area contributed by atoms with E-state index in [1.807, 2.05) is 6.07 Å². The molecule has 1 aliphatic heterocycles. The maximum Gasteiger partial charge on any atom is 0.334 e. The number of hydrogen-bond acceptors (Lipinski definition) is 4. The second-order valence-electron chi connectivity index (χ2n) is 5.43. The minimum Gasteiger partial charge on any atom is -0.466 e. The minimum atomic E-state index is -0.418. The van der Waals surface area contributed by atoms with Crippen molar-refractivity contribution in [3.05, 3.63) is 45.6 Å². The van der Waals surface area contributed by atoms with Crippen molar-refractivity contribution in [2.24, 2.45) is 0 Å².